The molecule has 0 fully saturated rings. The van der Waals surface area contributed by atoms with E-state index in [2.05, 4.69) is 0 Å². The Labute approximate surface area is 54.3 Å². The minimum absolute atomic E-state index is 0.229. The molecule has 2 N–H and O–H groups in total. The molecular weight excluding hydrogens is 123 g/mol. The van der Waals surface area contributed by atoms with Crippen molar-refractivity contribution in [2.24, 2.45) is 5.92 Å². The fraction of sp³-hybridized carbons (Fsp3) is 1.00. The number of rotatable bonds is 3. The SMILES string of the molecule is CC(C)[C@@H](F)[C@@H](O)CO. The normalized spacial score (nSPS) is 18.0. The van der Waals surface area contributed by atoms with Gasteiger partial charge in [0.1, 0.15) is 12.3 Å². The first-order valence-electron chi connectivity index (χ1n) is 3.02. The number of aliphatic hydroxyl groups is 2. The molecule has 0 aromatic carbocycles. The molecular formula is C6H13FO2. The smallest absolute Gasteiger partial charge is 0.130 e. The Kier molecular flexibility index (Phi) is 3.73. The average molecular weight is 136 g/mol. The standard InChI is InChI=1S/C6H13FO2/c1-4(2)6(7)5(9)3-8/h4-6,8-9H,3H2,1-2H3/t5-,6+/m0/s1. The lowest BCUT2D eigenvalue weighted by Crippen LogP contribution is -2.29. The maximum atomic E-state index is 12.5. The minimum Gasteiger partial charge on any atom is -0.394 e. The van der Waals surface area contributed by atoms with Gasteiger partial charge in [0.25, 0.3) is 0 Å². The van der Waals surface area contributed by atoms with Gasteiger partial charge in [-0.3, -0.25) is 0 Å². The molecule has 0 saturated heterocycles. The fourth-order valence-electron chi connectivity index (χ4n) is 0.545. The van der Waals surface area contributed by atoms with Crippen LogP contribution in [0.25, 0.3) is 0 Å². The van der Waals surface area contributed by atoms with Crippen LogP contribution in [-0.4, -0.2) is 29.1 Å². The van der Waals surface area contributed by atoms with E-state index in [1.807, 2.05) is 0 Å². The molecule has 0 radical (unpaired) electrons. The van der Waals surface area contributed by atoms with Crippen LogP contribution in [0.2, 0.25) is 0 Å². The monoisotopic (exact) mass is 136 g/mol. The van der Waals surface area contributed by atoms with Crippen LogP contribution in [0.1, 0.15) is 13.8 Å². The van der Waals surface area contributed by atoms with E-state index in [0.29, 0.717) is 0 Å². The summed E-state index contributed by atoms with van der Waals surface area (Å²) in [7, 11) is 0. The Morgan fingerprint density at radius 3 is 2.00 bits per heavy atom. The van der Waals surface area contributed by atoms with Crippen LogP contribution in [0, 0.1) is 5.92 Å². The third-order valence-electron chi connectivity index (χ3n) is 1.19. The van der Waals surface area contributed by atoms with Crippen LogP contribution in [0.15, 0.2) is 0 Å². The van der Waals surface area contributed by atoms with E-state index < -0.39 is 18.9 Å². The zero-order chi connectivity index (χ0) is 7.44. The van der Waals surface area contributed by atoms with E-state index in [4.69, 9.17) is 10.2 Å². The second kappa shape index (κ2) is 3.80. The summed E-state index contributed by atoms with van der Waals surface area (Å²) >= 11 is 0. The highest BCUT2D eigenvalue weighted by molar-refractivity contribution is 4.68. The molecule has 0 bridgehead atoms. The predicted octanol–water partition coefficient (Wildman–Crippen LogP) is 0.334. The van der Waals surface area contributed by atoms with Crippen molar-refractivity contribution >= 4 is 0 Å². The van der Waals surface area contributed by atoms with E-state index in [0.717, 1.165) is 0 Å². The molecule has 0 unspecified atom stereocenters. The highest BCUT2D eigenvalue weighted by atomic mass is 19.1. The molecule has 0 saturated carbocycles. The van der Waals surface area contributed by atoms with E-state index in [-0.39, 0.29) is 5.92 Å². The van der Waals surface area contributed by atoms with Gasteiger partial charge in [0.2, 0.25) is 0 Å². The van der Waals surface area contributed by atoms with Crippen LogP contribution in [0.5, 0.6) is 0 Å². The highest BCUT2D eigenvalue weighted by Gasteiger charge is 2.20. The summed E-state index contributed by atoms with van der Waals surface area (Å²) in [4.78, 5) is 0. The van der Waals surface area contributed by atoms with Crippen molar-refractivity contribution in [3.63, 3.8) is 0 Å². The largest absolute Gasteiger partial charge is 0.394 e. The fourth-order valence-corrected chi connectivity index (χ4v) is 0.545. The van der Waals surface area contributed by atoms with Crippen LogP contribution in [-0.2, 0) is 0 Å². The van der Waals surface area contributed by atoms with E-state index >= 15 is 0 Å². The van der Waals surface area contributed by atoms with E-state index in [1.54, 1.807) is 13.8 Å². The molecule has 9 heavy (non-hydrogen) atoms. The number of aliphatic hydroxyl groups excluding tert-OH is 2. The summed E-state index contributed by atoms with van der Waals surface area (Å²) in [6.07, 6.45) is -2.53. The van der Waals surface area contributed by atoms with Crippen molar-refractivity contribution in [2.75, 3.05) is 6.61 Å². The molecule has 0 aromatic heterocycles. The summed E-state index contributed by atoms with van der Waals surface area (Å²) in [5.74, 6) is -0.229. The summed E-state index contributed by atoms with van der Waals surface area (Å²) < 4.78 is 12.5. The van der Waals surface area contributed by atoms with E-state index in [1.165, 1.54) is 0 Å². The van der Waals surface area contributed by atoms with Crippen LogP contribution in [0.3, 0.4) is 0 Å². The predicted molar refractivity (Wildman–Crippen MR) is 32.8 cm³/mol. The summed E-state index contributed by atoms with van der Waals surface area (Å²) in [5.41, 5.74) is 0. The first-order chi connectivity index (χ1) is 4.09. The van der Waals surface area contributed by atoms with Crippen LogP contribution in [0.4, 0.5) is 4.39 Å². The second-order valence-electron chi connectivity index (χ2n) is 2.44. The quantitative estimate of drug-likeness (QED) is 0.587. The van der Waals surface area contributed by atoms with Gasteiger partial charge in [0.05, 0.1) is 6.61 Å². The first kappa shape index (κ1) is 8.85. The van der Waals surface area contributed by atoms with Gasteiger partial charge in [0, 0.05) is 0 Å². The summed E-state index contributed by atoms with van der Waals surface area (Å²) in [6.45, 7) is 2.81. The van der Waals surface area contributed by atoms with Gasteiger partial charge in [-0.05, 0) is 5.92 Å². The van der Waals surface area contributed by atoms with Gasteiger partial charge in [-0.2, -0.15) is 0 Å². The Balaban J connectivity index is 3.58. The zero-order valence-corrected chi connectivity index (χ0v) is 5.71. The van der Waals surface area contributed by atoms with Crippen molar-refractivity contribution < 1.29 is 14.6 Å². The number of hydrogen-bond donors (Lipinski definition) is 2. The maximum absolute atomic E-state index is 12.5. The van der Waals surface area contributed by atoms with Gasteiger partial charge >= 0.3 is 0 Å². The highest BCUT2D eigenvalue weighted by Crippen LogP contribution is 2.09. The molecule has 2 atom stereocenters. The Morgan fingerprint density at radius 2 is 1.89 bits per heavy atom. The lowest BCUT2D eigenvalue weighted by atomic mass is 10.0. The molecule has 0 amide bonds. The van der Waals surface area contributed by atoms with Gasteiger partial charge in [-0.1, -0.05) is 13.8 Å². The average Bonchev–Trinajstić information content (AvgIpc) is 1.84. The Hall–Kier alpha value is -0.150. The van der Waals surface area contributed by atoms with Gasteiger partial charge in [0.15, 0.2) is 0 Å². The summed E-state index contributed by atoms with van der Waals surface area (Å²) in [5, 5.41) is 16.9. The topological polar surface area (TPSA) is 40.5 Å². The van der Waals surface area contributed by atoms with Crippen molar-refractivity contribution in [3.8, 4) is 0 Å². The lowest BCUT2D eigenvalue weighted by molar-refractivity contribution is 0.00954. The molecule has 0 aliphatic heterocycles. The summed E-state index contributed by atoms with van der Waals surface area (Å²) in [6, 6.07) is 0. The molecule has 0 aromatic rings. The molecule has 2 nitrogen and oxygen atoms in total. The molecule has 0 rings (SSSR count). The van der Waals surface area contributed by atoms with Crippen LogP contribution < -0.4 is 0 Å². The van der Waals surface area contributed by atoms with Gasteiger partial charge in [-0.25, -0.2) is 4.39 Å². The number of alkyl halides is 1. The van der Waals surface area contributed by atoms with Crippen molar-refractivity contribution in [3.05, 3.63) is 0 Å². The van der Waals surface area contributed by atoms with E-state index in [9.17, 15) is 4.39 Å². The first-order valence-corrected chi connectivity index (χ1v) is 3.02. The van der Waals surface area contributed by atoms with Crippen LogP contribution >= 0.6 is 0 Å². The molecule has 0 spiro atoms. The van der Waals surface area contributed by atoms with Crippen molar-refractivity contribution in [1.82, 2.24) is 0 Å². The van der Waals surface area contributed by atoms with Gasteiger partial charge in [-0.15, -0.1) is 0 Å². The Morgan fingerprint density at radius 1 is 1.44 bits per heavy atom. The second-order valence-corrected chi connectivity index (χ2v) is 2.44. The number of halogens is 1. The molecule has 3 heteroatoms. The molecule has 0 aliphatic carbocycles. The van der Waals surface area contributed by atoms with Crippen molar-refractivity contribution in [1.29, 1.82) is 0 Å². The van der Waals surface area contributed by atoms with Gasteiger partial charge < -0.3 is 10.2 Å². The Bertz CT molecular complexity index is 75.5. The zero-order valence-electron chi connectivity index (χ0n) is 5.71. The third-order valence-corrected chi connectivity index (χ3v) is 1.19. The molecule has 0 heterocycles. The maximum Gasteiger partial charge on any atom is 0.130 e. The molecule has 0 aliphatic rings. The lowest BCUT2D eigenvalue weighted by Gasteiger charge is -2.15. The third kappa shape index (κ3) is 2.77. The number of hydrogen-bond acceptors (Lipinski definition) is 2. The van der Waals surface area contributed by atoms with Crippen molar-refractivity contribution in [2.45, 2.75) is 26.1 Å². The molecule has 56 valence electrons. The minimum atomic E-state index is -1.31.